The minimum atomic E-state index is -0.0175. The number of benzene rings is 2. The first-order chi connectivity index (χ1) is 11.3. The van der Waals surface area contributed by atoms with E-state index >= 15 is 0 Å². The molecule has 3 aliphatic rings. The minimum Gasteiger partial charge on any atom is -0.357 e. The smallest absolute Gasteiger partial charge is 0.228 e. The van der Waals surface area contributed by atoms with Crippen LogP contribution in [0, 0.1) is 0 Å². The summed E-state index contributed by atoms with van der Waals surface area (Å²) in [6.45, 7) is 1.62. The molecule has 0 saturated heterocycles. The van der Waals surface area contributed by atoms with Crippen LogP contribution in [0.2, 0.25) is 0 Å². The third-order valence-corrected chi connectivity index (χ3v) is 4.80. The summed E-state index contributed by atoms with van der Waals surface area (Å²) in [5.41, 5.74) is 6.44. The summed E-state index contributed by atoms with van der Waals surface area (Å²) in [6.07, 6.45) is 4.20. The Hall–Kier alpha value is -2.65. The topological polar surface area (TPSA) is 29.5 Å². The van der Waals surface area contributed by atoms with Crippen molar-refractivity contribution in [1.29, 1.82) is 0 Å². The lowest BCUT2D eigenvalue weighted by molar-refractivity contribution is -0.115. The zero-order chi connectivity index (χ0) is 15.6. The summed E-state index contributed by atoms with van der Waals surface area (Å²) in [4.78, 5) is 14.3. The first-order valence-electron chi connectivity index (χ1n) is 7.83. The second kappa shape index (κ2) is 4.43. The van der Waals surface area contributed by atoms with Crippen molar-refractivity contribution in [3.8, 4) is 0 Å². The number of rotatable bonds is 0. The summed E-state index contributed by atoms with van der Waals surface area (Å²) in [6, 6.07) is 16.2. The summed E-state index contributed by atoms with van der Waals surface area (Å²) in [5.74, 6) is 0.0206. The Morgan fingerprint density at radius 3 is 1.83 bits per heavy atom. The average Bonchev–Trinajstić information content (AvgIpc) is 3.13. The van der Waals surface area contributed by atoms with E-state index in [-0.39, 0.29) is 18.1 Å². The minimum absolute atomic E-state index is 0.0175. The van der Waals surface area contributed by atoms with Gasteiger partial charge in [0.1, 0.15) is 12.2 Å². The maximum atomic E-state index is 12.4. The highest BCUT2D eigenvalue weighted by Crippen LogP contribution is 2.52. The van der Waals surface area contributed by atoms with Gasteiger partial charge in [0.15, 0.2) is 0 Å². The van der Waals surface area contributed by atoms with Gasteiger partial charge in [-0.2, -0.15) is 0 Å². The highest BCUT2D eigenvalue weighted by molar-refractivity contribution is 6.13. The van der Waals surface area contributed by atoms with Crippen molar-refractivity contribution in [3.63, 3.8) is 0 Å². The standard InChI is InChI=1S/C20H15NO2/c1-12(22)21-15-8-4-2-6-13(15)19-17-10-11-18(23-17)20(19)14-7-3-5-9-16(14)21/h2-11,17-18H,1H3. The van der Waals surface area contributed by atoms with Crippen LogP contribution >= 0.6 is 0 Å². The van der Waals surface area contributed by atoms with Gasteiger partial charge in [0.25, 0.3) is 0 Å². The number of hydrogen-bond acceptors (Lipinski definition) is 2. The second-order valence-corrected chi connectivity index (χ2v) is 6.08. The molecule has 0 spiro atoms. The number of para-hydroxylation sites is 2. The van der Waals surface area contributed by atoms with E-state index in [1.807, 2.05) is 41.3 Å². The fourth-order valence-corrected chi connectivity index (χ4v) is 3.94. The van der Waals surface area contributed by atoms with Gasteiger partial charge in [0, 0.05) is 29.2 Å². The second-order valence-electron chi connectivity index (χ2n) is 6.08. The fourth-order valence-electron chi connectivity index (χ4n) is 3.94. The lowest BCUT2D eigenvalue weighted by Gasteiger charge is -2.25. The molecule has 0 radical (unpaired) electrons. The van der Waals surface area contributed by atoms with Crippen LogP contribution in [-0.4, -0.2) is 18.1 Å². The Morgan fingerprint density at radius 1 is 0.870 bits per heavy atom. The van der Waals surface area contributed by atoms with Crippen molar-refractivity contribution in [3.05, 3.63) is 71.8 Å². The number of hydrogen-bond donors (Lipinski definition) is 0. The predicted molar refractivity (Wildman–Crippen MR) is 90.3 cm³/mol. The fraction of sp³-hybridized carbons (Fsp3) is 0.150. The largest absolute Gasteiger partial charge is 0.357 e. The van der Waals surface area contributed by atoms with Crippen LogP contribution in [0.5, 0.6) is 0 Å². The van der Waals surface area contributed by atoms with E-state index in [1.54, 1.807) is 6.92 Å². The molecule has 0 aliphatic carbocycles. The van der Waals surface area contributed by atoms with Crippen LogP contribution in [0.15, 0.2) is 60.7 Å². The molecule has 2 atom stereocenters. The molecule has 3 heteroatoms. The molecule has 2 unspecified atom stereocenters. The first kappa shape index (κ1) is 12.9. The maximum absolute atomic E-state index is 12.4. The average molecular weight is 301 g/mol. The van der Waals surface area contributed by atoms with Crippen molar-refractivity contribution in [2.45, 2.75) is 19.1 Å². The summed E-state index contributed by atoms with van der Waals surface area (Å²) in [5, 5.41) is 0. The van der Waals surface area contributed by atoms with E-state index in [4.69, 9.17) is 4.74 Å². The number of anilines is 2. The Balaban J connectivity index is 1.91. The zero-order valence-corrected chi connectivity index (χ0v) is 12.7. The Kier molecular flexibility index (Phi) is 2.48. The number of fused-ring (bicyclic) bond motifs is 8. The molecular formula is C20H15NO2. The van der Waals surface area contributed by atoms with Gasteiger partial charge in [0.2, 0.25) is 5.91 Å². The molecule has 0 fully saturated rings. The molecule has 3 aliphatic heterocycles. The summed E-state index contributed by atoms with van der Waals surface area (Å²) < 4.78 is 6.10. The number of amides is 1. The Bertz CT molecular complexity index is 844. The molecule has 1 amide bonds. The third-order valence-electron chi connectivity index (χ3n) is 4.80. The molecule has 2 bridgehead atoms. The van der Waals surface area contributed by atoms with Gasteiger partial charge >= 0.3 is 0 Å². The summed E-state index contributed by atoms with van der Waals surface area (Å²) in [7, 11) is 0. The molecule has 0 saturated carbocycles. The monoisotopic (exact) mass is 301 g/mol. The SMILES string of the molecule is CC(=O)N1c2ccccc2C2=C(c3ccccc31)C1C=CC2O1. The van der Waals surface area contributed by atoms with Crippen molar-refractivity contribution in [1.82, 2.24) is 0 Å². The number of ether oxygens (including phenoxy) is 1. The van der Waals surface area contributed by atoms with E-state index in [0.29, 0.717) is 0 Å². The third kappa shape index (κ3) is 1.60. The molecule has 23 heavy (non-hydrogen) atoms. The number of carbonyl (C=O) groups excluding carboxylic acids is 1. The summed E-state index contributed by atoms with van der Waals surface area (Å²) >= 11 is 0. The van der Waals surface area contributed by atoms with Crippen LogP contribution in [0.1, 0.15) is 18.1 Å². The molecule has 0 aromatic heterocycles. The normalized spacial score (nSPS) is 23.4. The van der Waals surface area contributed by atoms with Crippen LogP contribution in [0.25, 0.3) is 11.1 Å². The van der Waals surface area contributed by atoms with Gasteiger partial charge < -0.3 is 4.74 Å². The predicted octanol–water partition coefficient (Wildman–Crippen LogP) is 3.93. The van der Waals surface area contributed by atoms with Gasteiger partial charge in [-0.3, -0.25) is 9.69 Å². The quantitative estimate of drug-likeness (QED) is 0.690. The van der Waals surface area contributed by atoms with Crippen LogP contribution in [-0.2, 0) is 9.53 Å². The highest BCUT2D eigenvalue weighted by Gasteiger charge is 2.42. The Morgan fingerprint density at radius 2 is 1.35 bits per heavy atom. The van der Waals surface area contributed by atoms with E-state index < -0.39 is 0 Å². The van der Waals surface area contributed by atoms with Crippen LogP contribution < -0.4 is 4.90 Å². The number of carbonyl (C=O) groups is 1. The van der Waals surface area contributed by atoms with Crippen molar-refractivity contribution < 1.29 is 9.53 Å². The van der Waals surface area contributed by atoms with Gasteiger partial charge in [-0.15, -0.1) is 0 Å². The number of nitrogens with zero attached hydrogens (tertiary/aromatic N) is 1. The van der Waals surface area contributed by atoms with Crippen molar-refractivity contribution in [2.75, 3.05) is 4.90 Å². The van der Waals surface area contributed by atoms with Crippen LogP contribution in [0.4, 0.5) is 11.4 Å². The van der Waals surface area contributed by atoms with Crippen LogP contribution in [0.3, 0.4) is 0 Å². The van der Waals surface area contributed by atoms with E-state index in [2.05, 4.69) is 24.3 Å². The molecule has 2 aromatic carbocycles. The molecule has 2 aromatic rings. The van der Waals surface area contributed by atoms with Crippen molar-refractivity contribution >= 4 is 28.4 Å². The van der Waals surface area contributed by atoms with Gasteiger partial charge in [0.05, 0.1) is 11.4 Å². The molecule has 5 rings (SSSR count). The van der Waals surface area contributed by atoms with Gasteiger partial charge in [-0.1, -0.05) is 48.6 Å². The first-order valence-corrected chi connectivity index (χ1v) is 7.83. The lowest BCUT2D eigenvalue weighted by atomic mass is 9.87. The zero-order valence-electron chi connectivity index (χ0n) is 12.7. The van der Waals surface area contributed by atoms with E-state index in [1.165, 1.54) is 11.1 Å². The van der Waals surface area contributed by atoms with Gasteiger partial charge in [-0.05, 0) is 12.1 Å². The Labute approximate surface area is 134 Å². The highest BCUT2D eigenvalue weighted by atomic mass is 16.5. The van der Waals surface area contributed by atoms with E-state index in [9.17, 15) is 4.79 Å². The van der Waals surface area contributed by atoms with Gasteiger partial charge in [-0.25, -0.2) is 0 Å². The van der Waals surface area contributed by atoms with Crippen molar-refractivity contribution in [2.24, 2.45) is 0 Å². The molecule has 3 nitrogen and oxygen atoms in total. The lowest BCUT2D eigenvalue weighted by Crippen LogP contribution is -2.24. The molecular weight excluding hydrogens is 286 g/mol. The molecule has 0 N–H and O–H groups in total. The van der Waals surface area contributed by atoms with E-state index in [0.717, 1.165) is 22.5 Å². The molecule has 3 heterocycles. The molecule has 112 valence electrons. The maximum Gasteiger partial charge on any atom is 0.228 e.